The third-order valence-electron chi connectivity index (χ3n) is 3.24. The van der Waals surface area contributed by atoms with Crippen molar-refractivity contribution < 1.29 is 14.6 Å². The number of piperidine rings is 1. The zero-order valence-corrected chi connectivity index (χ0v) is 10.3. The van der Waals surface area contributed by atoms with E-state index in [2.05, 4.69) is 18.7 Å². The van der Waals surface area contributed by atoms with Gasteiger partial charge >= 0.3 is 5.97 Å². The Morgan fingerprint density at radius 1 is 1.50 bits per heavy atom. The van der Waals surface area contributed by atoms with Crippen LogP contribution in [0.2, 0.25) is 0 Å². The number of ether oxygens (including phenoxy) is 1. The van der Waals surface area contributed by atoms with Gasteiger partial charge in [-0.2, -0.15) is 0 Å². The van der Waals surface area contributed by atoms with E-state index < -0.39 is 5.97 Å². The van der Waals surface area contributed by atoms with Crippen LogP contribution in [0.15, 0.2) is 0 Å². The number of aliphatic carboxylic acids is 1. The fourth-order valence-electron chi connectivity index (χ4n) is 2.02. The molecule has 0 aliphatic carbocycles. The van der Waals surface area contributed by atoms with Crippen molar-refractivity contribution >= 4 is 5.97 Å². The van der Waals surface area contributed by atoms with Crippen LogP contribution in [0.3, 0.4) is 0 Å². The minimum Gasteiger partial charge on any atom is -0.480 e. The van der Waals surface area contributed by atoms with Crippen LogP contribution in [0.1, 0.15) is 33.1 Å². The number of hydrogen-bond donors (Lipinski definition) is 1. The number of hydrogen-bond acceptors (Lipinski definition) is 3. The number of carboxylic acid groups (broad SMARTS) is 1. The van der Waals surface area contributed by atoms with Crippen LogP contribution in [0, 0.1) is 5.92 Å². The monoisotopic (exact) mass is 229 g/mol. The Hall–Kier alpha value is -0.610. The molecule has 94 valence electrons. The van der Waals surface area contributed by atoms with Crippen LogP contribution in [-0.2, 0) is 9.53 Å². The first-order valence-corrected chi connectivity index (χ1v) is 6.17. The third-order valence-corrected chi connectivity index (χ3v) is 3.24. The zero-order valence-electron chi connectivity index (χ0n) is 10.3. The molecule has 1 unspecified atom stereocenters. The molecule has 0 spiro atoms. The number of rotatable bonds is 6. The van der Waals surface area contributed by atoms with E-state index in [1.165, 1.54) is 6.42 Å². The molecule has 0 bridgehead atoms. The minimum absolute atomic E-state index is 0.143. The van der Waals surface area contributed by atoms with Crippen molar-refractivity contribution in [2.45, 2.75) is 39.2 Å². The summed E-state index contributed by atoms with van der Waals surface area (Å²) < 4.78 is 5.30. The standard InChI is InChI=1S/C12H23NO3/c1-3-10(2)8-13-6-4-11(5-7-13)16-9-12(14)15/h10-11H,3-9H2,1-2H3,(H,14,15). The third kappa shape index (κ3) is 4.94. The van der Waals surface area contributed by atoms with Gasteiger partial charge < -0.3 is 14.7 Å². The molecule has 0 aromatic carbocycles. The highest BCUT2D eigenvalue weighted by molar-refractivity contribution is 5.68. The molecule has 1 aliphatic heterocycles. The molecule has 4 heteroatoms. The van der Waals surface area contributed by atoms with Crippen molar-refractivity contribution in [2.24, 2.45) is 5.92 Å². The van der Waals surface area contributed by atoms with E-state index >= 15 is 0 Å². The van der Waals surface area contributed by atoms with Gasteiger partial charge in [0.15, 0.2) is 0 Å². The molecule has 1 aliphatic rings. The molecular formula is C12H23NO3. The zero-order chi connectivity index (χ0) is 12.0. The van der Waals surface area contributed by atoms with Gasteiger partial charge in [-0.25, -0.2) is 4.79 Å². The molecule has 0 radical (unpaired) electrons. The lowest BCUT2D eigenvalue weighted by Gasteiger charge is -2.33. The normalized spacial score (nSPS) is 20.9. The maximum Gasteiger partial charge on any atom is 0.329 e. The van der Waals surface area contributed by atoms with Gasteiger partial charge in [-0.15, -0.1) is 0 Å². The first kappa shape index (κ1) is 13.5. The van der Waals surface area contributed by atoms with E-state index in [4.69, 9.17) is 9.84 Å². The van der Waals surface area contributed by atoms with Gasteiger partial charge in [0, 0.05) is 19.6 Å². The van der Waals surface area contributed by atoms with E-state index in [1.54, 1.807) is 0 Å². The molecule has 0 aromatic rings. The summed E-state index contributed by atoms with van der Waals surface area (Å²) in [5.41, 5.74) is 0. The maximum absolute atomic E-state index is 10.4. The van der Waals surface area contributed by atoms with Crippen molar-refractivity contribution in [3.63, 3.8) is 0 Å². The van der Waals surface area contributed by atoms with Crippen LogP contribution in [0.5, 0.6) is 0 Å². The van der Waals surface area contributed by atoms with Gasteiger partial charge in [0.25, 0.3) is 0 Å². The molecule has 1 fully saturated rings. The lowest BCUT2D eigenvalue weighted by Crippen LogP contribution is -2.39. The Morgan fingerprint density at radius 2 is 2.12 bits per heavy atom. The lowest BCUT2D eigenvalue weighted by atomic mass is 10.0. The van der Waals surface area contributed by atoms with E-state index in [9.17, 15) is 4.79 Å². The highest BCUT2D eigenvalue weighted by Gasteiger charge is 2.20. The molecule has 1 saturated heterocycles. The van der Waals surface area contributed by atoms with Crippen LogP contribution >= 0.6 is 0 Å². The molecule has 1 heterocycles. The smallest absolute Gasteiger partial charge is 0.329 e. The van der Waals surface area contributed by atoms with Gasteiger partial charge in [-0.3, -0.25) is 0 Å². The minimum atomic E-state index is -0.873. The predicted octanol–water partition coefficient (Wildman–Crippen LogP) is 1.60. The van der Waals surface area contributed by atoms with E-state index in [0.29, 0.717) is 0 Å². The Labute approximate surface area is 97.6 Å². The highest BCUT2D eigenvalue weighted by Crippen LogP contribution is 2.15. The van der Waals surface area contributed by atoms with Crippen molar-refractivity contribution in [1.82, 2.24) is 4.90 Å². The second-order valence-corrected chi connectivity index (χ2v) is 4.72. The summed E-state index contributed by atoms with van der Waals surface area (Å²) in [6.45, 7) is 7.56. The summed E-state index contributed by atoms with van der Waals surface area (Å²) >= 11 is 0. The van der Waals surface area contributed by atoms with Crippen molar-refractivity contribution in [3.05, 3.63) is 0 Å². The fourth-order valence-corrected chi connectivity index (χ4v) is 2.02. The fraction of sp³-hybridized carbons (Fsp3) is 0.917. The summed E-state index contributed by atoms with van der Waals surface area (Å²) in [6.07, 6.45) is 3.28. The quantitative estimate of drug-likeness (QED) is 0.751. The maximum atomic E-state index is 10.4. The topological polar surface area (TPSA) is 49.8 Å². The van der Waals surface area contributed by atoms with Gasteiger partial charge in [-0.1, -0.05) is 20.3 Å². The van der Waals surface area contributed by atoms with E-state index in [-0.39, 0.29) is 12.7 Å². The van der Waals surface area contributed by atoms with Crippen molar-refractivity contribution in [3.8, 4) is 0 Å². The molecular weight excluding hydrogens is 206 g/mol. The summed E-state index contributed by atoms with van der Waals surface area (Å²) in [4.78, 5) is 12.8. The molecule has 16 heavy (non-hydrogen) atoms. The first-order valence-electron chi connectivity index (χ1n) is 6.17. The molecule has 1 N–H and O–H groups in total. The first-order chi connectivity index (χ1) is 7.61. The van der Waals surface area contributed by atoms with Gasteiger partial charge in [0.2, 0.25) is 0 Å². The molecule has 0 aromatic heterocycles. The lowest BCUT2D eigenvalue weighted by molar-refractivity contribution is -0.145. The number of carbonyl (C=O) groups is 1. The van der Waals surface area contributed by atoms with Crippen LogP contribution in [0.25, 0.3) is 0 Å². The van der Waals surface area contributed by atoms with Gasteiger partial charge in [-0.05, 0) is 18.8 Å². The highest BCUT2D eigenvalue weighted by atomic mass is 16.5. The predicted molar refractivity (Wildman–Crippen MR) is 62.5 cm³/mol. The number of carboxylic acids is 1. The SMILES string of the molecule is CCC(C)CN1CCC(OCC(=O)O)CC1. The Morgan fingerprint density at radius 3 is 2.62 bits per heavy atom. The van der Waals surface area contributed by atoms with Gasteiger partial charge in [0.1, 0.15) is 6.61 Å². The van der Waals surface area contributed by atoms with Crippen LogP contribution in [-0.4, -0.2) is 48.3 Å². The summed E-state index contributed by atoms with van der Waals surface area (Å²) in [5.74, 6) is -0.126. The summed E-state index contributed by atoms with van der Waals surface area (Å²) in [7, 11) is 0. The molecule has 1 rings (SSSR count). The van der Waals surface area contributed by atoms with E-state index in [0.717, 1.165) is 38.4 Å². The summed E-state index contributed by atoms with van der Waals surface area (Å²) in [5, 5.41) is 8.51. The van der Waals surface area contributed by atoms with E-state index in [1.807, 2.05) is 0 Å². The Bertz CT molecular complexity index is 212. The number of likely N-dealkylation sites (tertiary alicyclic amines) is 1. The van der Waals surface area contributed by atoms with Crippen LogP contribution in [0.4, 0.5) is 0 Å². The Balaban J connectivity index is 2.15. The molecule has 0 saturated carbocycles. The Kier molecular flexibility index (Phi) is 5.77. The second kappa shape index (κ2) is 6.86. The molecule has 1 atom stereocenters. The summed E-state index contributed by atoms with van der Waals surface area (Å²) in [6, 6.07) is 0. The van der Waals surface area contributed by atoms with Gasteiger partial charge in [0.05, 0.1) is 6.10 Å². The number of nitrogens with zero attached hydrogens (tertiary/aromatic N) is 1. The largest absolute Gasteiger partial charge is 0.480 e. The molecule has 4 nitrogen and oxygen atoms in total. The second-order valence-electron chi connectivity index (χ2n) is 4.72. The molecule has 0 amide bonds. The average Bonchev–Trinajstić information content (AvgIpc) is 2.28. The average molecular weight is 229 g/mol. The van der Waals surface area contributed by atoms with Crippen molar-refractivity contribution in [1.29, 1.82) is 0 Å². The van der Waals surface area contributed by atoms with Crippen LogP contribution < -0.4 is 0 Å². The van der Waals surface area contributed by atoms with Crippen molar-refractivity contribution in [2.75, 3.05) is 26.2 Å².